The minimum absolute atomic E-state index is 0.00806. The molecule has 0 saturated carbocycles. The van der Waals surface area contributed by atoms with Gasteiger partial charge < -0.3 is 16.2 Å². The Bertz CT molecular complexity index is 3180. The number of fused-ring (bicyclic) bond motifs is 2. The second-order valence-electron chi connectivity index (χ2n) is 17.7. The average Bonchev–Trinajstić information content (AvgIpc) is 4.13. The largest absolute Gasteiger partial charge is 0.476 e. The third-order valence-corrected chi connectivity index (χ3v) is 12.7. The number of carboxylic acids is 1. The summed E-state index contributed by atoms with van der Waals surface area (Å²) in [7, 11) is 0. The zero-order chi connectivity index (χ0) is 50.3. The Morgan fingerprint density at radius 3 is 1.45 bits per heavy atom. The van der Waals surface area contributed by atoms with Gasteiger partial charge in [-0.1, -0.05) is 84.9 Å². The third kappa shape index (κ3) is 11.5. The fourth-order valence-electron chi connectivity index (χ4n) is 9.34. The summed E-state index contributed by atoms with van der Waals surface area (Å²) in [6.07, 6.45) is 3.41. The molecule has 2 unspecified atom stereocenters. The number of carboxylic acid groups (broad SMARTS) is 1. The first-order valence-electron chi connectivity index (χ1n) is 23.2. The Kier molecular flexibility index (Phi) is 15.3. The second kappa shape index (κ2) is 21.9. The molecular formula is C56H50F6N6O3. The van der Waals surface area contributed by atoms with E-state index < -0.39 is 29.2 Å². The number of carbonyl (C=O) groups excluding carboxylic acids is 1. The predicted molar refractivity (Wildman–Crippen MR) is 258 cm³/mol. The molecule has 364 valence electrons. The van der Waals surface area contributed by atoms with Crippen molar-refractivity contribution >= 4 is 11.9 Å². The molecule has 0 aliphatic heterocycles. The van der Waals surface area contributed by atoms with Gasteiger partial charge in [0.15, 0.2) is 23.0 Å². The number of nitrogens with zero attached hydrogens (tertiary/aromatic N) is 4. The van der Waals surface area contributed by atoms with Gasteiger partial charge in [-0.05, 0) is 123 Å². The number of aromatic nitrogens is 4. The fraction of sp³-hybridized carbons (Fsp3) is 0.214. The molecule has 9 nitrogen and oxygen atoms in total. The topological polar surface area (TPSA) is 128 Å². The quantitative estimate of drug-likeness (QED) is 0.111. The smallest absolute Gasteiger partial charge is 0.356 e. The molecular weight excluding hydrogens is 919 g/mol. The highest BCUT2D eigenvalue weighted by molar-refractivity contribution is 5.94. The van der Waals surface area contributed by atoms with Gasteiger partial charge in [-0.2, -0.15) is 10.2 Å². The van der Waals surface area contributed by atoms with Crippen molar-refractivity contribution in [3.63, 3.8) is 0 Å². The molecule has 2 heterocycles. The zero-order valence-corrected chi connectivity index (χ0v) is 38.8. The molecule has 4 N–H and O–H groups in total. The molecule has 1 amide bonds. The van der Waals surface area contributed by atoms with Crippen LogP contribution in [0.3, 0.4) is 0 Å². The standard InChI is InChI=1S/C28H24F3N3O.C20H15F3N2O2.C8H11N/c1-17(19-7-3-2-4-8-19)32-28(35)26-23-12-10-20(14-18-6-5-9-21(29)15-18)27(23)34(33-26)25-13-11-22(30)16-24(25)31;21-13-3-1-2-11(9-13)8-12-4-6-15-18(20(26)27)24-25(19(12)15)17-7-5-14(22)10-16(17)23;1-7(9)8-5-3-2-4-6-8/h2-9,11,13,15-17,20H,10,12,14H2,1H3,(H,32,35);1-3,5,7,9-10,12H,4,6,8H2,(H,26,27);2-7H,9H2,1H3/t17-,20?;;7-/m0.0/s1. The highest BCUT2D eigenvalue weighted by Gasteiger charge is 2.36. The molecule has 8 aromatic rings. The summed E-state index contributed by atoms with van der Waals surface area (Å²) >= 11 is 0. The van der Waals surface area contributed by atoms with Gasteiger partial charge in [0.05, 0.1) is 17.4 Å². The van der Waals surface area contributed by atoms with Crippen LogP contribution in [0.4, 0.5) is 26.3 Å². The van der Waals surface area contributed by atoms with Crippen LogP contribution < -0.4 is 11.1 Å². The minimum atomic E-state index is -1.20. The Morgan fingerprint density at radius 2 is 1.03 bits per heavy atom. The van der Waals surface area contributed by atoms with Gasteiger partial charge in [0.2, 0.25) is 0 Å². The van der Waals surface area contributed by atoms with Crippen LogP contribution in [0.25, 0.3) is 11.4 Å². The van der Waals surface area contributed by atoms with Gasteiger partial charge in [0.25, 0.3) is 5.91 Å². The summed E-state index contributed by atoms with van der Waals surface area (Å²) in [6.45, 7) is 3.87. The van der Waals surface area contributed by atoms with E-state index in [4.69, 9.17) is 5.73 Å². The minimum Gasteiger partial charge on any atom is -0.476 e. The molecule has 2 aliphatic carbocycles. The van der Waals surface area contributed by atoms with Crippen molar-refractivity contribution in [1.82, 2.24) is 24.9 Å². The first kappa shape index (κ1) is 49.6. The molecule has 71 heavy (non-hydrogen) atoms. The molecule has 0 fully saturated rings. The van der Waals surface area contributed by atoms with Crippen LogP contribution in [0, 0.1) is 34.9 Å². The van der Waals surface area contributed by atoms with Gasteiger partial charge in [-0.3, -0.25) is 4.79 Å². The first-order chi connectivity index (χ1) is 34.1. The molecule has 2 aromatic heterocycles. The third-order valence-electron chi connectivity index (χ3n) is 12.7. The number of benzene rings is 6. The highest BCUT2D eigenvalue weighted by atomic mass is 19.2. The average molecular weight is 969 g/mol. The number of hydrogen-bond acceptors (Lipinski definition) is 5. The molecule has 2 aliphatic rings. The summed E-state index contributed by atoms with van der Waals surface area (Å²) in [5.41, 5.74) is 12.1. The van der Waals surface area contributed by atoms with Crippen LogP contribution in [-0.4, -0.2) is 36.5 Å². The Morgan fingerprint density at radius 1 is 0.592 bits per heavy atom. The van der Waals surface area contributed by atoms with Gasteiger partial charge in [0, 0.05) is 41.1 Å². The summed E-state index contributed by atoms with van der Waals surface area (Å²) < 4.78 is 86.0. The number of aromatic carboxylic acids is 1. The first-order valence-corrected chi connectivity index (χ1v) is 23.2. The molecule has 15 heteroatoms. The van der Waals surface area contributed by atoms with Crippen molar-refractivity contribution in [1.29, 1.82) is 0 Å². The fourth-order valence-corrected chi connectivity index (χ4v) is 9.34. The van der Waals surface area contributed by atoms with E-state index in [-0.39, 0.29) is 64.2 Å². The van der Waals surface area contributed by atoms with Gasteiger partial charge in [0.1, 0.15) is 34.6 Å². The van der Waals surface area contributed by atoms with Crippen LogP contribution in [0.5, 0.6) is 0 Å². The number of nitrogens with one attached hydrogen (secondary N) is 1. The van der Waals surface area contributed by atoms with Gasteiger partial charge >= 0.3 is 5.97 Å². The van der Waals surface area contributed by atoms with Gasteiger partial charge in [-0.25, -0.2) is 40.5 Å². The van der Waals surface area contributed by atoms with E-state index in [1.54, 1.807) is 18.2 Å². The van der Waals surface area contributed by atoms with Crippen LogP contribution >= 0.6 is 0 Å². The van der Waals surface area contributed by atoms with E-state index in [2.05, 4.69) is 15.5 Å². The molecule has 0 spiro atoms. The summed E-state index contributed by atoms with van der Waals surface area (Å²) in [4.78, 5) is 24.9. The number of nitrogens with two attached hydrogens (primary N) is 1. The van der Waals surface area contributed by atoms with Crippen molar-refractivity contribution < 1.29 is 41.0 Å². The molecule has 0 saturated heterocycles. The summed E-state index contributed by atoms with van der Waals surface area (Å²) in [5, 5.41) is 21.0. The lowest BCUT2D eigenvalue weighted by molar-refractivity contribution is 0.0688. The lowest BCUT2D eigenvalue weighted by Crippen LogP contribution is -2.28. The van der Waals surface area contributed by atoms with Crippen LogP contribution in [-0.2, 0) is 25.7 Å². The predicted octanol–water partition coefficient (Wildman–Crippen LogP) is 12.0. The van der Waals surface area contributed by atoms with Crippen molar-refractivity contribution in [2.75, 3.05) is 0 Å². The van der Waals surface area contributed by atoms with Crippen LogP contribution in [0.2, 0.25) is 0 Å². The van der Waals surface area contributed by atoms with E-state index in [1.165, 1.54) is 57.4 Å². The van der Waals surface area contributed by atoms with E-state index in [0.29, 0.717) is 55.5 Å². The summed E-state index contributed by atoms with van der Waals surface area (Å²) in [5.74, 6) is -5.49. The number of carbonyl (C=O) groups is 2. The maximum Gasteiger partial charge on any atom is 0.356 e. The Hall–Kier alpha value is -7.78. The number of rotatable bonds is 11. The molecule has 6 aromatic carbocycles. The molecule has 0 bridgehead atoms. The maximum absolute atomic E-state index is 14.8. The van der Waals surface area contributed by atoms with E-state index in [0.717, 1.165) is 40.5 Å². The number of halogens is 6. The highest BCUT2D eigenvalue weighted by Crippen LogP contribution is 2.41. The Labute approximate surface area is 406 Å². The van der Waals surface area contributed by atoms with E-state index in [1.807, 2.05) is 80.6 Å². The Balaban J connectivity index is 0.000000166. The van der Waals surface area contributed by atoms with Crippen molar-refractivity contribution in [3.05, 3.63) is 237 Å². The zero-order valence-electron chi connectivity index (χ0n) is 38.8. The molecule has 0 radical (unpaired) electrons. The SMILES string of the molecule is C[C@H](N)c1ccccc1.C[C@H](NC(=O)c1nn(-c2ccc(F)cc2F)c2c1CCC2Cc1cccc(F)c1)c1ccccc1.O=C(O)c1nn(-c2ccc(F)cc2F)c2c1CCC2Cc1cccc(F)c1. The normalized spacial score (nSPS) is 15.3. The van der Waals surface area contributed by atoms with Crippen molar-refractivity contribution in [3.8, 4) is 11.4 Å². The monoisotopic (exact) mass is 968 g/mol. The van der Waals surface area contributed by atoms with Crippen LogP contribution in [0.15, 0.2) is 146 Å². The molecule has 4 atom stereocenters. The van der Waals surface area contributed by atoms with Crippen molar-refractivity contribution in [2.45, 2.75) is 76.3 Å². The lowest BCUT2D eigenvalue weighted by Gasteiger charge is -2.15. The van der Waals surface area contributed by atoms with E-state index >= 15 is 0 Å². The second-order valence-corrected chi connectivity index (χ2v) is 17.7. The summed E-state index contributed by atoms with van der Waals surface area (Å²) in [6, 6.07) is 38.4. The van der Waals surface area contributed by atoms with Crippen molar-refractivity contribution in [2.24, 2.45) is 5.73 Å². The maximum atomic E-state index is 14.8. The van der Waals surface area contributed by atoms with E-state index in [9.17, 15) is 41.0 Å². The lowest BCUT2D eigenvalue weighted by atomic mass is 9.97. The van der Waals surface area contributed by atoms with Gasteiger partial charge in [-0.15, -0.1) is 0 Å². The number of hydrogen-bond donors (Lipinski definition) is 3. The number of amides is 1. The van der Waals surface area contributed by atoms with Crippen LogP contribution in [0.1, 0.15) is 116 Å². The molecule has 10 rings (SSSR count).